The third-order valence-corrected chi connectivity index (χ3v) is 5.49. The number of halogens is 1. The second-order valence-corrected chi connectivity index (χ2v) is 9.78. The Labute approximate surface area is 221 Å². The third-order valence-electron chi connectivity index (χ3n) is 5.00. The van der Waals surface area contributed by atoms with E-state index in [-0.39, 0.29) is 35.8 Å². The first-order valence-corrected chi connectivity index (χ1v) is 12.3. The number of hydrogen-bond donors (Lipinski definition) is 0. The van der Waals surface area contributed by atoms with Crippen LogP contribution in [0, 0.1) is 10.1 Å². The number of nitrogens with zero attached hydrogens (tertiary/aromatic N) is 4. The Bertz CT molecular complexity index is 1430. The maximum absolute atomic E-state index is 13.4. The molecule has 3 rings (SSSR count). The minimum atomic E-state index is -0.672. The highest BCUT2D eigenvalue weighted by atomic mass is 79.9. The normalized spacial score (nSPS) is 11.6. The highest BCUT2D eigenvalue weighted by molar-refractivity contribution is 9.10. The summed E-state index contributed by atoms with van der Waals surface area (Å²) in [6.45, 7) is 8.86. The van der Waals surface area contributed by atoms with Crippen molar-refractivity contribution < 1.29 is 23.9 Å². The predicted octanol–water partition coefficient (Wildman–Crippen LogP) is 4.59. The van der Waals surface area contributed by atoms with Crippen molar-refractivity contribution in [1.29, 1.82) is 0 Å². The lowest BCUT2D eigenvalue weighted by atomic mass is 9.95. The number of aromatic nitrogens is 2. The number of nitro groups is 1. The average molecular weight is 575 g/mol. The van der Waals surface area contributed by atoms with Gasteiger partial charge in [0.1, 0.15) is 5.82 Å². The van der Waals surface area contributed by atoms with Crippen LogP contribution < -0.4 is 15.0 Å². The molecule has 0 N–H and O–H groups in total. The molecular weight excluding hydrogens is 548 g/mol. The van der Waals surface area contributed by atoms with Crippen molar-refractivity contribution in [3.05, 3.63) is 66.7 Å². The van der Waals surface area contributed by atoms with Gasteiger partial charge in [0, 0.05) is 21.5 Å². The van der Waals surface area contributed by atoms with Gasteiger partial charge in [0.25, 0.3) is 5.56 Å². The first-order chi connectivity index (χ1) is 17.5. The van der Waals surface area contributed by atoms with Crippen LogP contribution in [0.25, 0.3) is 10.9 Å². The third kappa shape index (κ3) is 6.50. The van der Waals surface area contributed by atoms with E-state index in [0.29, 0.717) is 21.2 Å². The summed E-state index contributed by atoms with van der Waals surface area (Å²) in [5, 5.41) is 16.6. The molecule has 0 aliphatic rings. The van der Waals surface area contributed by atoms with Crippen molar-refractivity contribution in [2.45, 2.75) is 40.0 Å². The van der Waals surface area contributed by atoms with E-state index in [1.54, 1.807) is 32.0 Å². The monoisotopic (exact) mass is 574 g/mol. The van der Waals surface area contributed by atoms with E-state index in [2.05, 4.69) is 26.0 Å². The van der Waals surface area contributed by atoms with Crippen LogP contribution in [-0.4, -0.2) is 46.6 Å². The molecule has 37 heavy (non-hydrogen) atoms. The zero-order valence-corrected chi connectivity index (χ0v) is 22.7. The van der Waals surface area contributed by atoms with Gasteiger partial charge in [0.2, 0.25) is 5.75 Å². The topological polar surface area (TPSA) is 135 Å². The van der Waals surface area contributed by atoms with Gasteiger partial charge < -0.3 is 14.2 Å². The lowest BCUT2D eigenvalue weighted by molar-refractivity contribution is -0.385. The molecule has 3 aromatic rings. The molecule has 0 aliphatic heterocycles. The van der Waals surface area contributed by atoms with Crippen LogP contribution in [0.5, 0.6) is 11.5 Å². The molecule has 0 unspecified atom stereocenters. The molecule has 1 aromatic heterocycles. The minimum Gasteiger partial charge on any atom is -0.490 e. The summed E-state index contributed by atoms with van der Waals surface area (Å²) in [4.78, 5) is 40.9. The van der Waals surface area contributed by atoms with Crippen LogP contribution in [0.3, 0.4) is 0 Å². The zero-order chi connectivity index (χ0) is 27.3. The van der Waals surface area contributed by atoms with Crippen molar-refractivity contribution in [3.63, 3.8) is 0 Å². The number of ether oxygens (including phenoxy) is 3. The van der Waals surface area contributed by atoms with Crippen LogP contribution >= 0.6 is 15.9 Å². The van der Waals surface area contributed by atoms with Gasteiger partial charge in [-0.05, 0) is 38.1 Å². The summed E-state index contributed by atoms with van der Waals surface area (Å²) in [5.41, 5.74) is -0.547. The largest absolute Gasteiger partial charge is 0.490 e. The predicted molar refractivity (Wildman–Crippen MR) is 142 cm³/mol. The average Bonchev–Trinajstić information content (AvgIpc) is 2.82. The fourth-order valence-electron chi connectivity index (χ4n) is 3.43. The molecular formula is C25H27BrN4O7. The smallest absolute Gasteiger partial charge is 0.344 e. The molecule has 0 bridgehead atoms. The van der Waals surface area contributed by atoms with Crippen LogP contribution in [0.4, 0.5) is 5.69 Å². The highest BCUT2D eigenvalue weighted by Gasteiger charge is 2.25. The van der Waals surface area contributed by atoms with Crippen LogP contribution in [0.2, 0.25) is 0 Å². The number of carbonyl (C=O) groups is 1. The first-order valence-electron chi connectivity index (χ1n) is 11.5. The molecule has 0 amide bonds. The summed E-state index contributed by atoms with van der Waals surface area (Å²) < 4.78 is 17.7. The minimum absolute atomic E-state index is 0.0476. The van der Waals surface area contributed by atoms with E-state index in [0.717, 1.165) is 0 Å². The molecule has 0 atom stereocenters. The number of nitro benzene ring substituents is 1. The Morgan fingerprint density at radius 1 is 1.19 bits per heavy atom. The quantitative estimate of drug-likeness (QED) is 0.157. The number of esters is 1. The van der Waals surface area contributed by atoms with Gasteiger partial charge in [-0.2, -0.15) is 9.78 Å². The molecule has 0 radical (unpaired) electrons. The van der Waals surface area contributed by atoms with Gasteiger partial charge in [0.15, 0.2) is 12.4 Å². The first kappa shape index (κ1) is 27.8. The number of fused-ring (bicyclic) bond motifs is 1. The Morgan fingerprint density at radius 3 is 2.54 bits per heavy atom. The molecule has 12 heteroatoms. The van der Waals surface area contributed by atoms with E-state index in [1.807, 2.05) is 20.8 Å². The standard InChI is InChI=1S/C25H27BrN4O7/c1-6-35-20-11-15(10-19(30(33)34)22(20)37-14-21(31)36-7-2)13-27-29-23(32)17-12-16(26)8-9-18(17)28-24(29)25(3,4)5/h8-13H,6-7,14H2,1-5H3. The molecule has 2 aromatic carbocycles. The molecule has 0 saturated heterocycles. The molecule has 0 spiro atoms. The Morgan fingerprint density at radius 2 is 1.92 bits per heavy atom. The van der Waals surface area contributed by atoms with Crippen LogP contribution in [0.1, 0.15) is 46.0 Å². The van der Waals surface area contributed by atoms with E-state index >= 15 is 0 Å². The second-order valence-electron chi connectivity index (χ2n) is 8.86. The van der Waals surface area contributed by atoms with Gasteiger partial charge in [-0.25, -0.2) is 9.78 Å². The Kier molecular flexibility index (Phi) is 8.64. The SMILES string of the molecule is CCOC(=O)COc1c(OCC)cc(C=Nn2c(C(C)(C)C)nc3ccc(Br)cc3c2=O)cc1[N+](=O)[O-]. The highest BCUT2D eigenvalue weighted by Crippen LogP contribution is 2.38. The van der Waals surface area contributed by atoms with Crippen LogP contribution in [-0.2, 0) is 14.9 Å². The maximum atomic E-state index is 13.4. The lowest BCUT2D eigenvalue weighted by Gasteiger charge is -2.21. The van der Waals surface area contributed by atoms with Gasteiger partial charge in [-0.1, -0.05) is 36.7 Å². The van der Waals surface area contributed by atoms with E-state index in [9.17, 15) is 19.7 Å². The number of benzene rings is 2. The molecule has 0 fully saturated rings. The van der Waals surface area contributed by atoms with E-state index in [1.165, 1.54) is 23.0 Å². The molecule has 0 saturated carbocycles. The Hall–Kier alpha value is -3.80. The fraction of sp³-hybridized carbons (Fsp3) is 0.360. The van der Waals surface area contributed by atoms with Crippen molar-refractivity contribution >= 4 is 44.7 Å². The molecule has 0 aliphatic carbocycles. The van der Waals surface area contributed by atoms with Gasteiger partial charge in [-0.15, -0.1) is 0 Å². The second kappa shape index (κ2) is 11.5. The van der Waals surface area contributed by atoms with E-state index in [4.69, 9.17) is 14.2 Å². The maximum Gasteiger partial charge on any atom is 0.344 e. The number of hydrogen-bond acceptors (Lipinski definition) is 9. The molecule has 196 valence electrons. The van der Waals surface area contributed by atoms with Crippen LogP contribution in [0.15, 0.2) is 44.7 Å². The summed E-state index contributed by atoms with van der Waals surface area (Å²) in [7, 11) is 0. The summed E-state index contributed by atoms with van der Waals surface area (Å²) >= 11 is 3.37. The number of rotatable bonds is 9. The summed E-state index contributed by atoms with van der Waals surface area (Å²) in [6.07, 6.45) is 1.31. The van der Waals surface area contributed by atoms with E-state index < -0.39 is 28.6 Å². The zero-order valence-electron chi connectivity index (χ0n) is 21.1. The van der Waals surface area contributed by atoms with Crippen molar-refractivity contribution in [1.82, 2.24) is 9.66 Å². The van der Waals surface area contributed by atoms with Gasteiger partial charge >= 0.3 is 11.7 Å². The van der Waals surface area contributed by atoms with Crippen molar-refractivity contribution in [2.75, 3.05) is 19.8 Å². The fourth-order valence-corrected chi connectivity index (χ4v) is 3.79. The molecule has 11 nitrogen and oxygen atoms in total. The van der Waals surface area contributed by atoms with Gasteiger partial charge in [-0.3, -0.25) is 14.9 Å². The van der Waals surface area contributed by atoms with Crippen molar-refractivity contribution in [3.8, 4) is 11.5 Å². The number of carbonyl (C=O) groups excluding carboxylic acids is 1. The lowest BCUT2D eigenvalue weighted by Crippen LogP contribution is -2.29. The van der Waals surface area contributed by atoms with Crippen molar-refractivity contribution in [2.24, 2.45) is 5.10 Å². The Balaban J connectivity index is 2.14. The summed E-state index contributed by atoms with van der Waals surface area (Å²) in [5.74, 6) is -0.417. The molecule has 1 heterocycles. The van der Waals surface area contributed by atoms with Gasteiger partial charge in [0.05, 0.1) is 35.3 Å². The summed E-state index contributed by atoms with van der Waals surface area (Å²) in [6, 6.07) is 7.91.